The first-order chi connectivity index (χ1) is 8.92. The maximum atomic E-state index is 8.44. The minimum absolute atomic E-state index is 0.650. The molecule has 0 aliphatic heterocycles. The lowest BCUT2D eigenvalue weighted by atomic mass is 10.1. The Morgan fingerprint density at radius 3 is 2.94 bits per heavy atom. The van der Waals surface area contributed by atoms with Crippen molar-refractivity contribution in [1.82, 2.24) is 10.3 Å². The molecule has 0 amide bonds. The molecule has 2 aromatic rings. The summed E-state index contributed by atoms with van der Waals surface area (Å²) in [5.41, 5.74) is 2.30. The molecule has 92 valence electrons. The second kappa shape index (κ2) is 6.73. The van der Waals surface area contributed by atoms with E-state index in [-0.39, 0.29) is 0 Å². The van der Waals surface area contributed by atoms with Crippen molar-refractivity contribution in [2.24, 2.45) is 0 Å². The molecule has 0 atom stereocenters. The largest absolute Gasteiger partial charge is 0.313 e. The highest BCUT2D eigenvalue weighted by molar-refractivity contribution is 5.81. The van der Waals surface area contributed by atoms with Gasteiger partial charge >= 0.3 is 0 Å². The predicted molar refractivity (Wildman–Crippen MR) is 72.9 cm³/mol. The van der Waals surface area contributed by atoms with Gasteiger partial charge in [0.15, 0.2) is 0 Å². The van der Waals surface area contributed by atoms with Crippen molar-refractivity contribution in [3.63, 3.8) is 0 Å². The Morgan fingerprint density at radius 1 is 1.17 bits per heavy atom. The van der Waals surface area contributed by atoms with Gasteiger partial charge in [0.05, 0.1) is 11.6 Å². The smallest absolute Gasteiger partial charge is 0.0746 e. The zero-order valence-corrected chi connectivity index (χ0v) is 10.4. The van der Waals surface area contributed by atoms with Crippen LogP contribution in [0, 0.1) is 11.3 Å². The van der Waals surface area contributed by atoms with Crippen LogP contribution in [0.4, 0.5) is 0 Å². The summed E-state index contributed by atoms with van der Waals surface area (Å²) in [7, 11) is 0. The molecule has 1 N–H and O–H groups in total. The highest BCUT2D eigenvalue weighted by Gasteiger charge is 2.00. The minimum atomic E-state index is 0.650. The molecular formula is C15H17N3. The van der Waals surface area contributed by atoms with E-state index in [1.165, 1.54) is 10.9 Å². The Morgan fingerprint density at radius 2 is 2.06 bits per heavy atom. The summed E-state index contributed by atoms with van der Waals surface area (Å²) in [6.07, 6.45) is 4.50. The predicted octanol–water partition coefficient (Wildman–Crippen LogP) is 3.02. The highest BCUT2D eigenvalue weighted by Crippen LogP contribution is 2.15. The van der Waals surface area contributed by atoms with Crippen molar-refractivity contribution >= 4 is 10.9 Å². The number of nitrogens with zero attached hydrogens (tertiary/aromatic N) is 2. The lowest BCUT2D eigenvalue weighted by molar-refractivity contribution is 0.630. The molecule has 1 aromatic carbocycles. The van der Waals surface area contributed by atoms with Crippen LogP contribution in [0.5, 0.6) is 0 Å². The number of fused-ring (bicyclic) bond motifs is 1. The molecular weight excluding hydrogens is 222 g/mol. The number of benzene rings is 1. The van der Waals surface area contributed by atoms with Gasteiger partial charge in [-0.2, -0.15) is 5.26 Å². The summed E-state index contributed by atoms with van der Waals surface area (Å²) in [5.74, 6) is 0. The molecule has 1 heterocycles. The van der Waals surface area contributed by atoms with Crippen molar-refractivity contribution < 1.29 is 0 Å². The highest BCUT2D eigenvalue weighted by atomic mass is 14.8. The maximum absolute atomic E-state index is 8.44. The van der Waals surface area contributed by atoms with E-state index < -0.39 is 0 Å². The zero-order valence-electron chi connectivity index (χ0n) is 10.4. The summed E-state index contributed by atoms with van der Waals surface area (Å²) in [6.45, 7) is 1.78. The molecule has 0 fully saturated rings. The topological polar surface area (TPSA) is 48.7 Å². The Bertz CT molecular complexity index is 537. The van der Waals surface area contributed by atoms with Crippen LogP contribution in [-0.4, -0.2) is 11.5 Å². The van der Waals surface area contributed by atoms with E-state index in [1.54, 1.807) is 0 Å². The van der Waals surface area contributed by atoms with Gasteiger partial charge in [-0.1, -0.05) is 24.3 Å². The van der Waals surface area contributed by atoms with Crippen molar-refractivity contribution in [2.75, 3.05) is 6.54 Å². The fourth-order valence-corrected chi connectivity index (χ4v) is 1.99. The molecule has 0 unspecified atom stereocenters. The number of para-hydroxylation sites is 1. The number of rotatable bonds is 6. The van der Waals surface area contributed by atoms with Crippen LogP contribution in [0.25, 0.3) is 10.9 Å². The summed E-state index contributed by atoms with van der Waals surface area (Å²) in [6, 6.07) is 12.5. The average molecular weight is 239 g/mol. The third kappa shape index (κ3) is 3.28. The number of unbranched alkanes of at least 4 members (excludes halogenated alkanes) is 2. The van der Waals surface area contributed by atoms with Crippen molar-refractivity contribution in [3.05, 3.63) is 42.1 Å². The van der Waals surface area contributed by atoms with Gasteiger partial charge in [0.25, 0.3) is 0 Å². The third-order valence-corrected chi connectivity index (χ3v) is 2.92. The van der Waals surface area contributed by atoms with Gasteiger partial charge in [-0.05, 0) is 31.0 Å². The second-order valence-electron chi connectivity index (χ2n) is 4.28. The first kappa shape index (κ1) is 12.5. The molecule has 0 bridgehead atoms. The van der Waals surface area contributed by atoms with Crippen LogP contribution >= 0.6 is 0 Å². The number of pyridine rings is 1. The number of nitrogens with one attached hydrogen (secondary N) is 1. The fourth-order valence-electron chi connectivity index (χ4n) is 1.99. The molecule has 3 heteroatoms. The van der Waals surface area contributed by atoms with Crippen LogP contribution < -0.4 is 5.32 Å². The number of hydrogen-bond acceptors (Lipinski definition) is 3. The van der Waals surface area contributed by atoms with Gasteiger partial charge in [-0.25, -0.2) is 0 Å². The monoisotopic (exact) mass is 239 g/mol. The third-order valence-electron chi connectivity index (χ3n) is 2.92. The Kier molecular flexibility index (Phi) is 4.68. The van der Waals surface area contributed by atoms with Gasteiger partial charge in [0.2, 0.25) is 0 Å². The minimum Gasteiger partial charge on any atom is -0.313 e. The van der Waals surface area contributed by atoms with Gasteiger partial charge in [0, 0.05) is 24.5 Å². The van der Waals surface area contributed by atoms with Crippen LogP contribution in [0.3, 0.4) is 0 Å². The van der Waals surface area contributed by atoms with E-state index in [2.05, 4.69) is 40.6 Å². The SMILES string of the molecule is N#CCCCCNCc1cccc2cccnc12. The lowest BCUT2D eigenvalue weighted by Crippen LogP contribution is -2.15. The summed E-state index contributed by atoms with van der Waals surface area (Å²) in [4.78, 5) is 4.43. The number of aromatic nitrogens is 1. The van der Waals surface area contributed by atoms with E-state index in [9.17, 15) is 0 Å². The van der Waals surface area contributed by atoms with Crippen LogP contribution in [0.1, 0.15) is 24.8 Å². The summed E-state index contributed by atoms with van der Waals surface area (Å²) < 4.78 is 0. The molecule has 18 heavy (non-hydrogen) atoms. The molecule has 2 rings (SSSR count). The maximum Gasteiger partial charge on any atom is 0.0746 e. The number of nitriles is 1. The quantitative estimate of drug-likeness (QED) is 0.788. The normalized spacial score (nSPS) is 10.4. The first-order valence-corrected chi connectivity index (χ1v) is 6.32. The lowest BCUT2D eigenvalue weighted by Gasteiger charge is -2.07. The van der Waals surface area contributed by atoms with Gasteiger partial charge in [-0.3, -0.25) is 4.98 Å². The van der Waals surface area contributed by atoms with Crippen molar-refractivity contribution in [2.45, 2.75) is 25.8 Å². The second-order valence-corrected chi connectivity index (χ2v) is 4.28. The molecule has 0 saturated heterocycles. The van der Waals surface area contributed by atoms with Crippen LogP contribution in [-0.2, 0) is 6.54 Å². The molecule has 0 radical (unpaired) electrons. The number of hydrogen-bond donors (Lipinski definition) is 1. The van der Waals surface area contributed by atoms with E-state index in [0.29, 0.717) is 6.42 Å². The van der Waals surface area contributed by atoms with Crippen LogP contribution in [0.15, 0.2) is 36.5 Å². The zero-order chi connectivity index (χ0) is 12.6. The molecule has 0 aliphatic carbocycles. The van der Waals surface area contributed by atoms with Gasteiger partial charge in [-0.15, -0.1) is 0 Å². The van der Waals surface area contributed by atoms with Gasteiger partial charge in [0.1, 0.15) is 0 Å². The average Bonchev–Trinajstić information content (AvgIpc) is 2.43. The Balaban J connectivity index is 1.90. The molecule has 0 spiro atoms. The van der Waals surface area contributed by atoms with E-state index in [1.807, 2.05) is 12.3 Å². The van der Waals surface area contributed by atoms with E-state index in [0.717, 1.165) is 31.4 Å². The first-order valence-electron chi connectivity index (χ1n) is 6.32. The summed E-state index contributed by atoms with van der Waals surface area (Å²) in [5, 5.41) is 13.0. The fraction of sp³-hybridized carbons (Fsp3) is 0.333. The Labute approximate surface area is 107 Å². The van der Waals surface area contributed by atoms with Crippen molar-refractivity contribution in [1.29, 1.82) is 5.26 Å². The molecule has 3 nitrogen and oxygen atoms in total. The van der Waals surface area contributed by atoms with Crippen LogP contribution in [0.2, 0.25) is 0 Å². The van der Waals surface area contributed by atoms with Gasteiger partial charge < -0.3 is 5.32 Å². The Hall–Kier alpha value is -1.92. The van der Waals surface area contributed by atoms with E-state index in [4.69, 9.17) is 5.26 Å². The standard InChI is InChI=1S/C15H17N3/c16-9-2-1-3-10-17-12-14-7-4-6-13-8-5-11-18-15(13)14/h4-8,11,17H,1-3,10,12H2. The summed E-state index contributed by atoms with van der Waals surface area (Å²) >= 11 is 0. The molecule has 0 saturated carbocycles. The van der Waals surface area contributed by atoms with Crippen molar-refractivity contribution in [3.8, 4) is 6.07 Å². The molecule has 1 aromatic heterocycles. The molecule has 0 aliphatic rings. The van der Waals surface area contributed by atoms with E-state index >= 15 is 0 Å².